The van der Waals surface area contributed by atoms with E-state index in [9.17, 15) is 19.2 Å². The van der Waals surface area contributed by atoms with Crippen LogP contribution in [-0.2, 0) is 35.2 Å². The summed E-state index contributed by atoms with van der Waals surface area (Å²) in [7, 11) is 1.17. The van der Waals surface area contributed by atoms with Gasteiger partial charge in [-0.1, -0.05) is 30.3 Å². The minimum absolute atomic E-state index is 0.0266. The van der Waals surface area contributed by atoms with Gasteiger partial charge in [-0.2, -0.15) is 0 Å². The van der Waals surface area contributed by atoms with Crippen LogP contribution in [0.1, 0.15) is 46.1 Å². The van der Waals surface area contributed by atoms with Gasteiger partial charge in [-0.25, -0.2) is 9.59 Å². The number of carboxylic acids is 1. The van der Waals surface area contributed by atoms with Gasteiger partial charge in [0.15, 0.2) is 6.04 Å². The number of rotatable bonds is 11. The number of methoxy groups -OCH3 is 1. The van der Waals surface area contributed by atoms with E-state index in [1.807, 2.05) is 6.07 Å². The Bertz CT molecular complexity index is 776. The van der Waals surface area contributed by atoms with Gasteiger partial charge < -0.3 is 30.0 Å². The van der Waals surface area contributed by atoms with Gasteiger partial charge in [-0.05, 0) is 39.7 Å². The molecule has 3 N–H and O–H groups in total. The van der Waals surface area contributed by atoms with Gasteiger partial charge in [-0.3, -0.25) is 9.59 Å². The Kier molecular flexibility index (Phi) is 10.6. The van der Waals surface area contributed by atoms with E-state index in [0.29, 0.717) is 0 Å². The van der Waals surface area contributed by atoms with Gasteiger partial charge >= 0.3 is 18.0 Å². The number of ether oxygens (including phenoxy) is 3. The SMILES string of the molecule is COC(=O)C(NC(=O)C(CCC(=O)O)NC(=O)OCc1ccccc1)C(C)OC(C)(C)C. The highest BCUT2D eigenvalue weighted by molar-refractivity contribution is 5.90. The smallest absolute Gasteiger partial charge is 0.408 e. The molecule has 2 amide bonds. The molecule has 0 radical (unpaired) electrons. The molecule has 1 aromatic rings. The molecule has 3 unspecified atom stereocenters. The van der Waals surface area contributed by atoms with Gasteiger partial charge in [0.05, 0.1) is 18.8 Å². The second kappa shape index (κ2) is 12.7. The minimum Gasteiger partial charge on any atom is -0.481 e. The second-order valence-electron chi connectivity index (χ2n) is 8.14. The van der Waals surface area contributed by atoms with Crippen molar-refractivity contribution in [2.75, 3.05) is 7.11 Å². The van der Waals surface area contributed by atoms with E-state index in [1.54, 1.807) is 52.0 Å². The Labute approximate surface area is 187 Å². The fourth-order valence-corrected chi connectivity index (χ4v) is 2.82. The van der Waals surface area contributed by atoms with Crippen LogP contribution in [0, 0.1) is 0 Å². The third-order valence-corrected chi connectivity index (χ3v) is 4.23. The maximum Gasteiger partial charge on any atom is 0.408 e. The lowest BCUT2D eigenvalue weighted by Gasteiger charge is -2.30. The Morgan fingerprint density at radius 3 is 2.22 bits per heavy atom. The van der Waals surface area contributed by atoms with Gasteiger partial charge in [0, 0.05) is 6.42 Å². The van der Waals surface area contributed by atoms with E-state index in [0.717, 1.165) is 5.56 Å². The van der Waals surface area contributed by atoms with E-state index in [2.05, 4.69) is 10.6 Å². The number of aliphatic carboxylic acids is 1. The first-order valence-electron chi connectivity index (χ1n) is 10.2. The van der Waals surface area contributed by atoms with E-state index in [1.165, 1.54) is 7.11 Å². The third-order valence-electron chi connectivity index (χ3n) is 4.23. The molecule has 0 aliphatic heterocycles. The number of alkyl carbamates (subject to hydrolysis) is 1. The minimum atomic E-state index is -1.25. The Hall–Kier alpha value is -3.14. The first kappa shape index (κ1) is 26.9. The van der Waals surface area contributed by atoms with Crippen LogP contribution in [0.4, 0.5) is 4.79 Å². The van der Waals surface area contributed by atoms with Gasteiger partial charge in [0.1, 0.15) is 12.6 Å². The van der Waals surface area contributed by atoms with Crippen LogP contribution in [0.3, 0.4) is 0 Å². The Morgan fingerprint density at radius 1 is 1.06 bits per heavy atom. The summed E-state index contributed by atoms with van der Waals surface area (Å²) in [4.78, 5) is 48.2. The summed E-state index contributed by atoms with van der Waals surface area (Å²) in [6.45, 7) is 6.95. The summed E-state index contributed by atoms with van der Waals surface area (Å²) in [6.07, 6.45) is -2.23. The second-order valence-corrected chi connectivity index (χ2v) is 8.14. The number of carbonyl (C=O) groups excluding carboxylic acids is 3. The molecule has 0 saturated heterocycles. The summed E-state index contributed by atoms with van der Waals surface area (Å²) >= 11 is 0. The molecule has 0 aromatic heterocycles. The van der Waals surface area contributed by atoms with Crippen molar-refractivity contribution >= 4 is 23.9 Å². The summed E-state index contributed by atoms with van der Waals surface area (Å²) in [6, 6.07) is 6.50. The van der Waals surface area contributed by atoms with Crippen molar-refractivity contribution in [3.8, 4) is 0 Å². The predicted molar refractivity (Wildman–Crippen MR) is 115 cm³/mol. The number of hydrogen-bond donors (Lipinski definition) is 3. The molecule has 10 nitrogen and oxygen atoms in total. The van der Waals surface area contributed by atoms with Crippen LogP contribution < -0.4 is 10.6 Å². The van der Waals surface area contributed by atoms with Crippen LogP contribution in [0.2, 0.25) is 0 Å². The summed E-state index contributed by atoms with van der Waals surface area (Å²) in [5.74, 6) is -2.64. The zero-order chi connectivity index (χ0) is 24.3. The lowest BCUT2D eigenvalue weighted by atomic mass is 10.1. The number of carbonyl (C=O) groups is 4. The van der Waals surface area contributed by atoms with Crippen molar-refractivity contribution in [3.63, 3.8) is 0 Å². The molecule has 0 heterocycles. The van der Waals surface area contributed by atoms with Crippen molar-refractivity contribution in [1.82, 2.24) is 10.6 Å². The number of nitrogens with one attached hydrogen (secondary N) is 2. The molecular weight excluding hydrogens is 420 g/mol. The van der Waals surface area contributed by atoms with Gasteiger partial charge in [0.2, 0.25) is 5.91 Å². The summed E-state index contributed by atoms with van der Waals surface area (Å²) in [5.41, 5.74) is 0.145. The first-order valence-corrected chi connectivity index (χ1v) is 10.2. The predicted octanol–water partition coefficient (Wildman–Crippen LogP) is 2.01. The van der Waals surface area contributed by atoms with Crippen LogP contribution >= 0.6 is 0 Å². The fraction of sp³-hybridized carbons (Fsp3) is 0.545. The van der Waals surface area contributed by atoms with Crippen LogP contribution in [0.15, 0.2) is 30.3 Å². The average Bonchev–Trinajstić information content (AvgIpc) is 2.72. The molecule has 0 aliphatic carbocycles. The summed E-state index contributed by atoms with van der Waals surface area (Å²) < 4.78 is 15.6. The highest BCUT2D eigenvalue weighted by atomic mass is 16.5. The van der Waals surface area contributed by atoms with Crippen LogP contribution in [0.5, 0.6) is 0 Å². The number of esters is 1. The quantitative estimate of drug-likeness (QED) is 0.433. The molecule has 1 rings (SSSR count). The number of benzene rings is 1. The standard InChI is InChI=1S/C22H32N2O8/c1-14(32-22(2,3)4)18(20(28)30-5)24-19(27)16(11-12-17(25)26)23-21(29)31-13-15-9-7-6-8-10-15/h6-10,14,16,18H,11-13H2,1-5H3,(H,23,29)(H,24,27)(H,25,26). The van der Waals surface area contributed by atoms with Crippen molar-refractivity contribution < 1.29 is 38.5 Å². The van der Waals surface area contributed by atoms with Crippen molar-refractivity contribution in [1.29, 1.82) is 0 Å². The molecule has 3 atom stereocenters. The van der Waals surface area contributed by atoms with E-state index >= 15 is 0 Å². The van der Waals surface area contributed by atoms with Crippen molar-refractivity contribution in [2.24, 2.45) is 0 Å². The molecule has 0 spiro atoms. The maximum atomic E-state index is 12.8. The van der Waals surface area contributed by atoms with E-state index < -0.39 is 47.7 Å². The van der Waals surface area contributed by atoms with Crippen molar-refractivity contribution in [3.05, 3.63) is 35.9 Å². The van der Waals surface area contributed by atoms with E-state index in [4.69, 9.17) is 19.3 Å². The molecule has 178 valence electrons. The molecular formula is C22H32N2O8. The molecule has 32 heavy (non-hydrogen) atoms. The zero-order valence-corrected chi connectivity index (χ0v) is 19.0. The number of amides is 2. The average molecular weight is 453 g/mol. The number of carboxylic acid groups (broad SMARTS) is 1. The normalized spacial score (nSPS) is 13.9. The molecule has 0 saturated carbocycles. The first-order chi connectivity index (χ1) is 14.9. The Morgan fingerprint density at radius 2 is 1.69 bits per heavy atom. The largest absolute Gasteiger partial charge is 0.481 e. The zero-order valence-electron chi connectivity index (χ0n) is 19.0. The van der Waals surface area contributed by atoms with E-state index in [-0.39, 0.29) is 19.4 Å². The number of hydrogen-bond acceptors (Lipinski definition) is 7. The van der Waals surface area contributed by atoms with Crippen LogP contribution in [0.25, 0.3) is 0 Å². The monoisotopic (exact) mass is 452 g/mol. The lowest BCUT2D eigenvalue weighted by Crippen LogP contribution is -2.56. The highest BCUT2D eigenvalue weighted by Crippen LogP contribution is 2.14. The lowest BCUT2D eigenvalue weighted by molar-refractivity contribution is -0.153. The van der Waals surface area contributed by atoms with Crippen molar-refractivity contribution in [2.45, 2.75) is 70.9 Å². The molecule has 0 fully saturated rings. The van der Waals surface area contributed by atoms with Crippen LogP contribution in [-0.4, -0.2) is 59.9 Å². The molecule has 1 aromatic carbocycles. The van der Waals surface area contributed by atoms with Gasteiger partial charge in [-0.15, -0.1) is 0 Å². The fourth-order valence-electron chi connectivity index (χ4n) is 2.82. The topological polar surface area (TPSA) is 140 Å². The third kappa shape index (κ3) is 10.3. The molecule has 0 bridgehead atoms. The molecule has 0 aliphatic rings. The summed E-state index contributed by atoms with van der Waals surface area (Å²) in [5, 5.41) is 13.8. The Balaban J connectivity index is 2.87. The van der Waals surface area contributed by atoms with Gasteiger partial charge in [0.25, 0.3) is 0 Å². The molecule has 10 heteroatoms. The maximum absolute atomic E-state index is 12.8. The highest BCUT2D eigenvalue weighted by Gasteiger charge is 2.34.